The monoisotopic (exact) mass is 262 g/mol. The molecule has 3 aromatic rings. The molecular weight excluding hydrogens is 252 g/mol. The Morgan fingerprint density at radius 1 is 1.24 bits per heavy atom. The molecule has 0 amide bonds. The summed E-state index contributed by atoms with van der Waals surface area (Å²) in [6, 6.07) is 8.49. The Labute approximate surface area is 106 Å². The van der Waals surface area contributed by atoms with E-state index in [0.29, 0.717) is 0 Å². The lowest BCUT2D eigenvalue weighted by Gasteiger charge is -2.00. The van der Waals surface area contributed by atoms with Crippen LogP contribution in [-0.2, 0) is 6.42 Å². The van der Waals surface area contributed by atoms with Crippen molar-refractivity contribution >= 4 is 38.1 Å². The number of benzene rings is 1. The highest BCUT2D eigenvalue weighted by atomic mass is 32.1. The van der Waals surface area contributed by atoms with E-state index in [1.54, 1.807) is 11.3 Å². The van der Waals surface area contributed by atoms with Crippen molar-refractivity contribution in [1.82, 2.24) is 14.8 Å². The zero-order valence-corrected chi connectivity index (χ0v) is 10.6. The van der Waals surface area contributed by atoms with E-state index >= 15 is 0 Å². The maximum atomic E-state index is 3.85. The Morgan fingerprint density at radius 2 is 2.18 bits per heavy atom. The Balaban J connectivity index is 1.69. The van der Waals surface area contributed by atoms with Crippen molar-refractivity contribution in [3.05, 3.63) is 35.2 Å². The zero-order chi connectivity index (χ0) is 11.5. The molecule has 1 aromatic carbocycles. The van der Waals surface area contributed by atoms with Crippen LogP contribution >= 0.6 is 22.9 Å². The molecule has 0 aliphatic rings. The van der Waals surface area contributed by atoms with Crippen molar-refractivity contribution in [3.8, 4) is 0 Å². The van der Waals surface area contributed by atoms with Gasteiger partial charge in [-0.1, -0.05) is 27.8 Å². The van der Waals surface area contributed by atoms with Gasteiger partial charge in [-0.15, -0.1) is 11.3 Å². The van der Waals surface area contributed by atoms with Gasteiger partial charge in [0.1, 0.15) is 0 Å². The van der Waals surface area contributed by atoms with Crippen LogP contribution in [0.4, 0.5) is 5.13 Å². The molecule has 17 heavy (non-hydrogen) atoms. The first-order valence-corrected chi connectivity index (χ1v) is 6.93. The molecule has 0 fully saturated rings. The number of thiophene rings is 1. The van der Waals surface area contributed by atoms with Crippen LogP contribution in [0.2, 0.25) is 0 Å². The number of nitrogens with zero attached hydrogens (tertiary/aromatic N) is 3. The first kappa shape index (κ1) is 10.6. The van der Waals surface area contributed by atoms with Crippen molar-refractivity contribution in [3.63, 3.8) is 0 Å². The molecule has 2 heterocycles. The first-order valence-electron chi connectivity index (χ1n) is 5.27. The van der Waals surface area contributed by atoms with Gasteiger partial charge in [-0.05, 0) is 34.0 Å². The summed E-state index contributed by atoms with van der Waals surface area (Å²) in [6.45, 7) is 0.859. The first-order chi connectivity index (χ1) is 8.43. The van der Waals surface area contributed by atoms with Crippen molar-refractivity contribution in [2.24, 2.45) is 0 Å². The summed E-state index contributed by atoms with van der Waals surface area (Å²) in [5, 5.41) is 15.0. The molecule has 0 radical (unpaired) electrons. The second-order valence-corrected chi connectivity index (χ2v) is 5.25. The molecule has 4 nitrogen and oxygen atoms in total. The third-order valence-electron chi connectivity index (χ3n) is 2.53. The number of anilines is 1. The minimum Gasteiger partial charge on any atom is -0.359 e. The maximum Gasteiger partial charge on any atom is 0.225 e. The number of hydrogen-bond acceptors (Lipinski definition) is 6. The van der Waals surface area contributed by atoms with Gasteiger partial charge < -0.3 is 5.32 Å². The average molecular weight is 262 g/mol. The Hall–Kier alpha value is -1.53. The second-order valence-electron chi connectivity index (χ2n) is 3.60. The van der Waals surface area contributed by atoms with Gasteiger partial charge in [0.25, 0.3) is 0 Å². The quantitative estimate of drug-likeness (QED) is 0.785. The highest BCUT2D eigenvalue weighted by molar-refractivity contribution is 7.17. The average Bonchev–Trinajstić information content (AvgIpc) is 2.99. The van der Waals surface area contributed by atoms with Crippen molar-refractivity contribution < 1.29 is 0 Å². The molecule has 0 saturated carbocycles. The molecule has 0 bridgehead atoms. The van der Waals surface area contributed by atoms with Crippen molar-refractivity contribution in [2.45, 2.75) is 6.42 Å². The highest BCUT2D eigenvalue weighted by Gasteiger charge is 2.03. The van der Waals surface area contributed by atoms with Crippen LogP contribution in [0.25, 0.3) is 10.1 Å². The lowest BCUT2D eigenvalue weighted by atomic mass is 10.1. The summed E-state index contributed by atoms with van der Waals surface area (Å²) >= 11 is 3.08. The van der Waals surface area contributed by atoms with Crippen LogP contribution in [0.5, 0.6) is 0 Å². The zero-order valence-electron chi connectivity index (χ0n) is 8.96. The number of nitrogens with one attached hydrogen (secondary N) is 1. The van der Waals surface area contributed by atoms with E-state index in [9.17, 15) is 0 Å². The lowest BCUT2D eigenvalue weighted by molar-refractivity contribution is 0.943. The summed E-state index contributed by atoms with van der Waals surface area (Å²) in [5.74, 6) is 0. The van der Waals surface area contributed by atoms with Crippen LogP contribution in [0, 0.1) is 0 Å². The van der Waals surface area contributed by atoms with Crippen LogP contribution in [0.3, 0.4) is 0 Å². The van der Waals surface area contributed by atoms with Gasteiger partial charge in [-0.25, -0.2) is 0 Å². The van der Waals surface area contributed by atoms with Crippen LogP contribution in [0.1, 0.15) is 5.56 Å². The second kappa shape index (κ2) is 4.77. The van der Waals surface area contributed by atoms with E-state index in [2.05, 4.69) is 49.8 Å². The van der Waals surface area contributed by atoms with Gasteiger partial charge in [-0.2, -0.15) is 0 Å². The Morgan fingerprint density at radius 3 is 3.06 bits per heavy atom. The standard InChI is InChI=1S/C11H10N4S2/c1-2-4-10-9(3-1)8(7-16-10)5-6-12-11-13-14-15-17-11/h1-4,7H,5-6H2,(H,12,13,15). The Bertz CT molecular complexity index is 603. The van der Waals surface area contributed by atoms with E-state index < -0.39 is 0 Å². The fourth-order valence-electron chi connectivity index (χ4n) is 1.73. The number of aromatic nitrogens is 3. The minimum atomic E-state index is 0.782. The van der Waals surface area contributed by atoms with Crippen LogP contribution in [-0.4, -0.2) is 21.3 Å². The molecule has 1 N–H and O–H groups in total. The number of hydrogen-bond donors (Lipinski definition) is 1. The Kier molecular flexibility index (Phi) is 2.98. The number of rotatable bonds is 4. The molecule has 6 heteroatoms. The molecule has 2 aromatic heterocycles. The van der Waals surface area contributed by atoms with Gasteiger partial charge in [0.2, 0.25) is 5.13 Å². The topological polar surface area (TPSA) is 50.7 Å². The fourth-order valence-corrected chi connectivity index (χ4v) is 3.12. The van der Waals surface area contributed by atoms with Crippen LogP contribution in [0.15, 0.2) is 29.6 Å². The fraction of sp³-hybridized carbons (Fsp3) is 0.182. The molecule has 3 rings (SSSR count). The summed E-state index contributed by atoms with van der Waals surface area (Å²) in [7, 11) is 0. The molecule has 0 atom stereocenters. The summed E-state index contributed by atoms with van der Waals surface area (Å²) < 4.78 is 5.06. The molecule has 0 unspecified atom stereocenters. The van der Waals surface area contributed by atoms with E-state index in [-0.39, 0.29) is 0 Å². The van der Waals surface area contributed by atoms with Gasteiger partial charge >= 0.3 is 0 Å². The van der Waals surface area contributed by atoms with E-state index in [1.165, 1.54) is 27.2 Å². The molecule has 0 spiro atoms. The van der Waals surface area contributed by atoms with Gasteiger partial charge in [0.15, 0.2) is 0 Å². The smallest absolute Gasteiger partial charge is 0.225 e. The molecule has 0 aliphatic carbocycles. The minimum absolute atomic E-state index is 0.782. The normalized spacial score (nSPS) is 10.8. The van der Waals surface area contributed by atoms with Crippen LogP contribution < -0.4 is 5.32 Å². The largest absolute Gasteiger partial charge is 0.359 e. The molecule has 86 valence electrons. The molecule has 0 aliphatic heterocycles. The summed E-state index contributed by atoms with van der Waals surface area (Å²) in [6.07, 6.45) is 0.990. The van der Waals surface area contributed by atoms with Gasteiger partial charge in [0.05, 0.1) is 0 Å². The van der Waals surface area contributed by atoms with Gasteiger partial charge in [-0.3, -0.25) is 0 Å². The summed E-state index contributed by atoms with van der Waals surface area (Å²) in [5.41, 5.74) is 1.38. The predicted octanol–water partition coefficient (Wildman–Crippen LogP) is 2.80. The van der Waals surface area contributed by atoms with Crippen molar-refractivity contribution in [1.29, 1.82) is 0 Å². The predicted molar refractivity (Wildman–Crippen MR) is 71.7 cm³/mol. The van der Waals surface area contributed by atoms with E-state index in [0.717, 1.165) is 18.1 Å². The van der Waals surface area contributed by atoms with E-state index in [4.69, 9.17) is 0 Å². The SMILES string of the molecule is c1ccc2c(CCNc3nnns3)csc2c1. The third kappa shape index (κ3) is 2.27. The highest BCUT2D eigenvalue weighted by Crippen LogP contribution is 2.25. The van der Waals surface area contributed by atoms with E-state index in [1.807, 2.05) is 0 Å². The summed E-state index contributed by atoms with van der Waals surface area (Å²) in [4.78, 5) is 0. The number of fused-ring (bicyclic) bond motifs is 1. The lowest BCUT2D eigenvalue weighted by Crippen LogP contribution is -2.04. The third-order valence-corrected chi connectivity index (χ3v) is 4.10. The van der Waals surface area contributed by atoms with Crippen molar-refractivity contribution in [2.75, 3.05) is 11.9 Å². The van der Waals surface area contributed by atoms with Gasteiger partial charge in [0, 0.05) is 22.8 Å². The maximum absolute atomic E-state index is 3.85. The molecule has 0 saturated heterocycles. The molecular formula is C11H10N4S2.